The maximum absolute atomic E-state index is 12.6. The van der Waals surface area contributed by atoms with E-state index >= 15 is 0 Å². The molecular weight excluding hydrogens is 340 g/mol. The average Bonchev–Trinajstić information content (AvgIpc) is 3.14. The van der Waals surface area contributed by atoms with Crippen LogP contribution in [0.1, 0.15) is 68.3 Å². The Labute approximate surface area is 159 Å². The molecule has 0 radical (unpaired) electrons. The van der Waals surface area contributed by atoms with E-state index in [9.17, 15) is 9.59 Å². The summed E-state index contributed by atoms with van der Waals surface area (Å²) >= 11 is 0. The van der Waals surface area contributed by atoms with Crippen molar-refractivity contribution in [2.24, 2.45) is 5.73 Å². The molecule has 27 heavy (non-hydrogen) atoms. The van der Waals surface area contributed by atoms with E-state index in [1.807, 2.05) is 18.3 Å². The minimum Gasteiger partial charge on any atom is -0.402 e. The first kappa shape index (κ1) is 17.8. The van der Waals surface area contributed by atoms with Crippen LogP contribution in [0.25, 0.3) is 0 Å². The van der Waals surface area contributed by atoms with Crippen LogP contribution in [0.2, 0.25) is 0 Å². The third kappa shape index (κ3) is 3.48. The molecule has 142 valence electrons. The summed E-state index contributed by atoms with van der Waals surface area (Å²) in [4.78, 5) is 25.1. The molecule has 3 aliphatic rings. The highest BCUT2D eigenvalue weighted by atomic mass is 16.2. The third-order valence-corrected chi connectivity index (χ3v) is 5.78. The number of allylic oxidation sites excluding steroid dienone is 5. The van der Waals surface area contributed by atoms with Crippen molar-refractivity contribution in [3.05, 3.63) is 53.0 Å². The lowest BCUT2D eigenvalue weighted by Gasteiger charge is -2.26. The Bertz CT molecular complexity index is 846. The quantitative estimate of drug-likeness (QED) is 0.802. The van der Waals surface area contributed by atoms with Crippen molar-refractivity contribution in [1.82, 2.24) is 15.1 Å². The number of Topliss-reactive ketones (excluding diaryl/α,β-unsaturated/α-hetero) is 1. The number of amides is 1. The van der Waals surface area contributed by atoms with Gasteiger partial charge in [0.25, 0.3) is 5.91 Å². The van der Waals surface area contributed by atoms with Gasteiger partial charge in [-0.25, -0.2) is 0 Å². The molecule has 1 heterocycles. The fraction of sp³-hybridized carbons (Fsp3) is 0.476. The van der Waals surface area contributed by atoms with E-state index in [-0.39, 0.29) is 12.1 Å². The molecule has 1 amide bonds. The zero-order valence-corrected chi connectivity index (χ0v) is 15.5. The predicted molar refractivity (Wildman–Crippen MR) is 103 cm³/mol. The van der Waals surface area contributed by atoms with Gasteiger partial charge < -0.3 is 11.1 Å². The van der Waals surface area contributed by atoms with E-state index in [2.05, 4.69) is 27.2 Å². The maximum Gasteiger partial charge on any atom is 0.292 e. The molecule has 6 nitrogen and oxygen atoms in total. The van der Waals surface area contributed by atoms with Gasteiger partial charge in [-0.3, -0.25) is 14.3 Å². The Kier molecular flexibility index (Phi) is 4.97. The largest absolute Gasteiger partial charge is 0.402 e. The summed E-state index contributed by atoms with van der Waals surface area (Å²) in [6.07, 6.45) is 17.1. The first-order chi connectivity index (χ1) is 13.1. The van der Waals surface area contributed by atoms with Crippen LogP contribution in [0.15, 0.2) is 41.8 Å². The summed E-state index contributed by atoms with van der Waals surface area (Å²) in [6, 6.07) is 0.0644. The van der Waals surface area contributed by atoms with E-state index in [0.717, 1.165) is 44.1 Å². The Morgan fingerprint density at radius 1 is 1.15 bits per heavy atom. The Morgan fingerprint density at radius 2 is 2.00 bits per heavy atom. The van der Waals surface area contributed by atoms with Crippen LogP contribution in [-0.2, 0) is 16.0 Å². The molecule has 2 atom stereocenters. The highest BCUT2D eigenvalue weighted by molar-refractivity contribution is 6.42. The van der Waals surface area contributed by atoms with Crippen LogP contribution in [0.4, 0.5) is 0 Å². The number of aromatic nitrogens is 2. The second kappa shape index (κ2) is 7.55. The predicted octanol–water partition coefficient (Wildman–Crippen LogP) is 2.79. The first-order valence-electron chi connectivity index (χ1n) is 9.87. The molecule has 0 bridgehead atoms. The monoisotopic (exact) mass is 366 g/mol. The lowest BCUT2D eigenvalue weighted by Crippen LogP contribution is -2.37. The van der Waals surface area contributed by atoms with Crippen molar-refractivity contribution in [2.75, 3.05) is 0 Å². The van der Waals surface area contributed by atoms with E-state index in [1.165, 1.54) is 5.69 Å². The van der Waals surface area contributed by atoms with Crippen LogP contribution in [0, 0.1) is 0 Å². The van der Waals surface area contributed by atoms with Gasteiger partial charge in [0.1, 0.15) is 0 Å². The molecule has 0 spiro atoms. The van der Waals surface area contributed by atoms with Gasteiger partial charge in [0.05, 0.1) is 18.3 Å². The SMILES string of the molecule is NC1=C(C(=O)C(=O)NC2CCCc3c2cnn3C2C=CC=CC2)CCCC1. The normalized spacial score (nSPS) is 24.6. The molecular formula is C21H26N4O2. The van der Waals surface area contributed by atoms with Gasteiger partial charge >= 0.3 is 0 Å². The van der Waals surface area contributed by atoms with Crippen molar-refractivity contribution < 1.29 is 9.59 Å². The van der Waals surface area contributed by atoms with Gasteiger partial charge in [0, 0.05) is 22.5 Å². The maximum atomic E-state index is 12.6. The number of carbonyl (C=O) groups excluding carboxylic acids is 2. The van der Waals surface area contributed by atoms with Crippen LogP contribution < -0.4 is 11.1 Å². The topological polar surface area (TPSA) is 90.0 Å². The van der Waals surface area contributed by atoms with Crippen molar-refractivity contribution >= 4 is 11.7 Å². The summed E-state index contributed by atoms with van der Waals surface area (Å²) in [5, 5.41) is 7.54. The van der Waals surface area contributed by atoms with Crippen molar-refractivity contribution in [3.8, 4) is 0 Å². The zero-order valence-electron chi connectivity index (χ0n) is 15.5. The molecule has 0 fully saturated rings. The Balaban J connectivity index is 1.51. The van der Waals surface area contributed by atoms with E-state index < -0.39 is 11.7 Å². The van der Waals surface area contributed by atoms with Crippen molar-refractivity contribution in [2.45, 2.75) is 63.5 Å². The van der Waals surface area contributed by atoms with Crippen LogP contribution in [0.5, 0.6) is 0 Å². The number of nitrogens with zero attached hydrogens (tertiary/aromatic N) is 2. The van der Waals surface area contributed by atoms with Gasteiger partial charge in [-0.1, -0.05) is 24.3 Å². The molecule has 1 aromatic heterocycles. The summed E-state index contributed by atoms with van der Waals surface area (Å²) in [5.41, 5.74) is 9.26. The summed E-state index contributed by atoms with van der Waals surface area (Å²) in [7, 11) is 0. The summed E-state index contributed by atoms with van der Waals surface area (Å²) in [5.74, 6) is -1.01. The smallest absolute Gasteiger partial charge is 0.292 e. The summed E-state index contributed by atoms with van der Waals surface area (Å²) in [6.45, 7) is 0. The van der Waals surface area contributed by atoms with E-state index in [0.29, 0.717) is 24.1 Å². The molecule has 4 rings (SSSR count). The first-order valence-corrected chi connectivity index (χ1v) is 9.87. The zero-order chi connectivity index (χ0) is 18.8. The molecule has 2 unspecified atom stereocenters. The highest BCUT2D eigenvalue weighted by Crippen LogP contribution is 2.33. The standard InChI is InChI=1S/C21H26N4O2/c22-17-10-5-4-9-15(17)20(26)21(27)24-18-11-6-12-19-16(18)13-23-25(19)14-7-2-1-3-8-14/h1-3,7,13-14,18H,4-6,8-12,22H2,(H,24,27). The lowest BCUT2D eigenvalue weighted by molar-refractivity contribution is -0.136. The number of hydrogen-bond acceptors (Lipinski definition) is 4. The molecule has 1 aromatic rings. The highest BCUT2D eigenvalue weighted by Gasteiger charge is 2.30. The number of ketones is 1. The number of fused-ring (bicyclic) bond motifs is 1. The van der Waals surface area contributed by atoms with Crippen LogP contribution in [0.3, 0.4) is 0 Å². The number of nitrogens with two attached hydrogens (primary N) is 1. The molecule has 3 aliphatic carbocycles. The second-order valence-corrected chi connectivity index (χ2v) is 7.57. The fourth-order valence-corrected chi connectivity index (χ4v) is 4.31. The molecule has 6 heteroatoms. The molecule has 0 saturated heterocycles. The van der Waals surface area contributed by atoms with E-state index in [4.69, 9.17) is 5.73 Å². The third-order valence-electron chi connectivity index (χ3n) is 5.78. The van der Waals surface area contributed by atoms with Crippen LogP contribution in [-0.4, -0.2) is 21.5 Å². The minimum atomic E-state index is -0.541. The van der Waals surface area contributed by atoms with Gasteiger partial charge in [-0.05, 0) is 51.4 Å². The van der Waals surface area contributed by atoms with Gasteiger partial charge in [0.2, 0.25) is 5.78 Å². The minimum absolute atomic E-state index is 0.160. The molecule has 0 aliphatic heterocycles. The van der Waals surface area contributed by atoms with E-state index in [1.54, 1.807) is 0 Å². The average molecular weight is 366 g/mol. The fourth-order valence-electron chi connectivity index (χ4n) is 4.31. The summed E-state index contributed by atoms with van der Waals surface area (Å²) < 4.78 is 2.07. The van der Waals surface area contributed by atoms with Gasteiger partial charge in [0.15, 0.2) is 0 Å². The number of hydrogen-bond donors (Lipinski definition) is 2. The number of nitrogens with one attached hydrogen (secondary N) is 1. The Hall–Kier alpha value is -2.63. The van der Waals surface area contributed by atoms with Crippen LogP contribution >= 0.6 is 0 Å². The Morgan fingerprint density at radius 3 is 2.78 bits per heavy atom. The lowest BCUT2D eigenvalue weighted by atomic mass is 9.91. The van der Waals surface area contributed by atoms with Crippen molar-refractivity contribution in [3.63, 3.8) is 0 Å². The second-order valence-electron chi connectivity index (χ2n) is 7.57. The number of rotatable bonds is 4. The van der Waals surface area contributed by atoms with Gasteiger partial charge in [-0.15, -0.1) is 0 Å². The number of carbonyl (C=O) groups is 2. The van der Waals surface area contributed by atoms with Gasteiger partial charge in [-0.2, -0.15) is 5.10 Å². The molecule has 3 N–H and O–H groups in total. The van der Waals surface area contributed by atoms with Crippen molar-refractivity contribution in [1.29, 1.82) is 0 Å². The molecule has 0 saturated carbocycles. The molecule has 0 aromatic carbocycles.